The Hall–Kier alpha value is -1.17. The van der Waals surface area contributed by atoms with Gasteiger partial charge in [0.15, 0.2) is 0 Å². The number of amides is 1. The summed E-state index contributed by atoms with van der Waals surface area (Å²) in [5.74, 6) is -0.164. The normalized spacial score (nSPS) is 10.4. The average molecular weight is 413 g/mol. The first-order chi connectivity index (χ1) is 10.1. The van der Waals surface area contributed by atoms with Crippen molar-refractivity contribution >= 4 is 43.5 Å². The fourth-order valence-corrected chi connectivity index (χ4v) is 2.75. The summed E-state index contributed by atoms with van der Waals surface area (Å²) in [4.78, 5) is 12.3. The van der Waals surface area contributed by atoms with Crippen LogP contribution in [0.15, 0.2) is 51.4 Å². The second kappa shape index (κ2) is 7.73. The van der Waals surface area contributed by atoms with Crippen LogP contribution in [0.1, 0.15) is 22.3 Å². The van der Waals surface area contributed by atoms with Crippen LogP contribution in [0.25, 0.3) is 0 Å². The summed E-state index contributed by atoms with van der Waals surface area (Å²) in [5, 5.41) is 11.8. The molecular weight excluding hydrogens is 398 g/mol. The topological polar surface area (TPSA) is 49.3 Å². The largest absolute Gasteiger partial charge is 0.396 e. The van der Waals surface area contributed by atoms with E-state index in [1.165, 1.54) is 0 Å². The first kappa shape index (κ1) is 16.2. The SMILES string of the molecule is O=C(Nc1cccc(CCCO)c1)c1cc(Br)ccc1Br. The van der Waals surface area contributed by atoms with Crippen molar-refractivity contribution in [2.75, 3.05) is 11.9 Å². The highest BCUT2D eigenvalue weighted by Crippen LogP contribution is 2.23. The van der Waals surface area contributed by atoms with E-state index in [9.17, 15) is 4.79 Å². The number of hydrogen-bond acceptors (Lipinski definition) is 2. The van der Waals surface area contributed by atoms with Gasteiger partial charge in [0, 0.05) is 21.2 Å². The lowest BCUT2D eigenvalue weighted by molar-refractivity contribution is 0.102. The van der Waals surface area contributed by atoms with Gasteiger partial charge in [-0.15, -0.1) is 0 Å². The van der Waals surface area contributed by atoms with Gasteiger partial charge in [-0.3, -0.25) is 4.79 Å². The number of hydrogen-bond donors (Lipinski definition) is 2. The molecule has 0 spiro atoms. The van der Waals surface area contributed by atoms with Gasteiger partial charge >= 0.3 is 0 Å². The van der Waals surface area contributed by atoms with Gasteiger partial charge in [-0.25, -0.2) is 0 Å². The molecule has 0 aliphatic rings. The van der Waals surface area contributed by atoms with Gasteiger partial charge in [-0.05, 0) is 64.7 Å². The minimum Gasteiger partial charge on any atom is -0.396 e. The fourth-order valence-electron chi connectivity index (χ4n) is 1.96. The molecule has 110 valence electrons. The van der Waals surface area contributed by atoms with E-state index in [1.54, 1.807) is 6.07 Å². The standard InChI is InChI=1S/C16H15Br2NO2/c17-12-6-7-15(18)14(10-12)16(21)19-13-5-1-3-11(9-13)4-2-8-20/h1,3,5-7,9-10,20H,2,4,8H2,(H,19,21). The molecule has 21 heavy (non-hydrogen) atoms. The van der Waals surface area contributed by atoms with Crippen molar-refractivity contribution in [2.45, 2.75) is 12.8 Å². The molecule has 2 rings (SSSR count). The Balaban J connectivity index is 2.14. The number of rotatable bonds is 5. The van der Waals surface area contributed by atoms with Crippen molar-refractivity contribution in [1.29, 1.82) is 0 Å². The molecule has 0 aromatic heterocycles. The predicted molar refractivity (Wildman–Crippen MR) is 91.6 cm³/mol. The van der Waals surface area contributed by atoms with Crippen molar-refractivity contribution in [3.8, 4) is 0 Å². The molecule has 5 heteroatoms. The molecule has 0 heterocycles. The molecule has 3 nitrogen and oxygen atoms in total. The zero-order chi connectivity index (χ0) is 15.2. The van der Waals surface area contributed by atoms with Gasteiger partial charge in [-0.2, -0.15) is 0 Å². The molecule has 1 amide bonds. The summed E-state index contributed by atoms with van der Waals surface area (Å²) < 4.78 is 1.60. The summed E-state index contributed by atoms with van der Waals surface area (Å²) in [5.41, 5.74) is 2.42. The predicted octanol–water partition coefficient (Wildman–Crippen LogP) is 4.39. The molecule has 0 radical (unpaired) electrons. The summed E-state index contributed by atoms with van der Waals surface area (Å²) in [6.07, 6.45) is 1.51. The lowest BCUT2D eigenvalue weighted by atomic mass is 10.1. The first-order valence-electron chi connectivity index (χ1n) is 6.56. The molecule has 0 unspecified atom stereocenters. The highest BCUT2D eigenvalue weighted by Gasteiger charge is 2.11. The van der Waals surface area contributed by atoms with Crippen LogP contribution >= 0.6 is 31.9 Å². The Labute approximate surface area is 140 Å². The second-order valence-electron chi connectivity index (χ2n) is 4.61. The molecule has 0 aliphatic heterocycles. The van der Waals surface area contributed by atoms with E-state index in [0.29, 0.717) is 12.0 Å². The summed E-state index contributed by atoms with van der Waals surface area (Å²) >= 11 is 6.75. The number of aryl methyl sites for hydroxylation is 1. The third-order valence-corrected chi connectivity index (χ3v) is 4.17. The molecule has 0 atom stereocenters. The smallest absolute Gasteiger partial charge is 0.256 e. The first-order valence-corrected chi connectivity index (χ1v) is 8.15. The maximum atomic E-state index is 12.3. The number of halogens is 2. The van der Waals surface area contributed by atoms with Crippen molar-refractivity contribution in [3.05, 3.63) is 62.5 Å². The molecule has 0 aliphatic carbocycles. The highest BCUT2D eigenvalue weighted by molar-refractivity contribution is 9.11. The average Bonchev–Trinajstić information content (AvgIpc) is 2.48. The minimum absolute atomic E-state index is 0.164. The molecular formula is C16H15Br2NO2. The number of carbonyl (C=O) groups is 1. The van der Waals surface area contributed by atoms with Gasteiger partial charge in [-0.1, -0.05) is 28.1 Å². The molecule has 0 bridgehead atoms. The molecule has 2 N–H and O–H groups in total. The Morgan fingerprint density at radius 1 is 1.14 bits per heavy atom. The number of nitrogens with one attached hydrogen (secondary N) is 1. The third-order valence-electron chi connectivity index (χ3n) is 2.98. The van der Waals surface area contributed by atoms with Crippen molar-refractivity contribution in [1.82, 2.24) is 0 Å². The highest BCUT2D eigenvalue weighted by atomic mass is 79.9. The van der Waals surface area contributed by atoms with Crippen LogP contribution in [0, 0.1) is 0 Å². The van der Waals surface area contributed by atoms with E-state index >= 15 is 0 Å². The number of benzene rings is 2. The lowest BCUT2D eigenvalue weighted by Gasteiger charge is -2.09. The number of aliphatic hydroxyl groups excluding tert-OH is 1. The van der Waals surface area contributed by atoms with E-state index in [2.05, 4.69) is 37.2 Å². The Morgan fingerprint density at radius 3 is 2.71 bits per heavy atom. The van der Waals surface area contributed by atoms with Crippen molar-refractivity contribution < 1.29 is 9.90 Å². The van der Waals surface area contributed by atoms with E-state index < -0.39 is 0 Å². The van der Waals surface area contributed by atoms with Crippen LogP contribution in [0.4, 0.5) is 5.69 Å². The van der Waals surface area contributed by atoms with Gasteiger partial charge in [0.2, 0.25) is 0 Å². The zero-order valence-corrected chi connectivity index (χ0v) is 14.4. The maximum Gasteiger partial charge on any atom is 0.256 e. The minimum atomic E-state index is -0.164. The zero-order valence-electron chi connectivity index (χ0n) is 11.3. The van der Waals surface area contributed by atoms with Crippen LogP contribution in [0.3, 0.4) is 0 Å². The maximum absolute atomic E-state index is 12.3. The van der Waals surface area contributed by atoms with Crippen molar-refractivity contribution in [3.63, 3.8) is 0 Å². The number of carbonyl (C=O) groups excluding carboxylic acids is 1. The molecule has 0 fully saturated rings. The monoisotopic (exact) mass is 411 g/mol. The van der Waals surface area contributed by atoms with E-state index in [-0.39, 0.29) is 12.5 Å². The Morgan fingerprint density at radius 2 is 1.95 bits per heavy atom. The summed E-state index contributed by atoms with van der Waals surface area (Å²) in [7, 11) is 0. The molecule has 2 aromatic carbocycles. The molecule has 0 saturated carbocycles. The number of aliphatic hydroxyl groups is 1. The quantitative estimate of drug-likeness (QED) is 0.765. The van der Waals surface area contributed by atoms with E-state index in [4.69, 9.17) is 5.11 Å². The van der Waals surface area contributed by atoms with Crippen molar-refractivity contribution in [2.24, 2.45) is 0 Å². The molecule has 0 saturated heterocycles. The van der Waals surface area contributed by atoms with Gasteiger partial charge in [0.25, 0.3) is 5.91 Å². The van der Waals surface area contributed by atoms with Crippen LogP contribution in [0.5, 0.6) is 0 Å². The van der Waals surface area contributed by atoms with E-state index in [1.807, 2.05) is 36.4 Å². The van der Waals surface area contributed by atoms with Gasteiger partial charge in [0.1, 0.15) is 0 Å². The van der Waals surface area contributed by atoms with Crippen LogP contribution in [0.2, 0.25) is 0 Å². The van der Waals surface area contributed by atoms with Crippen LogP contribution in [-0.4, -0.2) is 17.6 Å². The van der Waals surface area contributed by atoms with Crippen LogP contribution in [-0.2, 0) is 6.42 Å². The lowest BCUT2D eigenvalue weighted by Crippen LogP contribution is -2.12. The molecule has 2 aromatic rings. The fraction of sp³-hybridized carbons (Fsp3) is 0.188. The van der Waals surface area contributed by atoms with Crippen LogP contribution < -0.4 is 5.32 Å². The van der Waals surface area contributed by atoms with Gasteiger partial charge in [0.05, 0.1) is 5.56 Å². The third kappa shape index (κ3) is 4.66. The Kier molecular flexibility index (Phi) is 5.96. The number of anilines is 1. The second-order valence-corrected chi connectivity index (χ2v) is 6.38. The summed E-state index contributed by atoms with van der Waals surface area (Å²) in [6, 6.07) is 13.1. The Bertz CT molecular complexity index is 644. The summed E-state index contributed by atoms with van der Waals surface area (Å²) in [6.45, 7) is 0.168. The van der Waals surface area contributed by atoms with E-state index in [0.717, 1.165) is 26.6 Å². The van der Waals surface area contributed by atoms with Gasteiger partial charge < -0.3 is 10.4 Å².